The number of hydrogen-bond donors (Lipinski definition) is 0. The van der Waals surface area contributed by atoms with Crippen LogP contribution in [0.5, 0.6) is 0 Å². The second-order valence-electron chi connectivity index (χ2n) is 4.73. The molecule has 0 N–H and O–H groups in total. The van der Waals surface area contributed by atoms with E-state index in [1.54, 1.807) is 6.20 Å². The zero-order chi connectivity index (χ0) is 12.4. The molecule has 1 aliphatic rings. The molecular weight excluding hydrogens is 226 g/mol. The van der Waals surface area contributed by atoms with Crippen LogP contribution in [-0.2, 0) is 4.79 Å². The van der Waals surface area contributed by atoms with Crippen molar-refractivity contribution in [2.24, 2.45) is 5.92 Å². The standard InChI is InChI=1S/C14H15N3O/c18-10-11-4-3-7-17(9-11)14-8-15-16-13-6-2-1-5-12(13)14/h1-2,5-6,8,10-11H,3-4,7,9H2. The van der Waals surface area contributed by atoms with Crippen molar-refractivity contribution in [1.29, 1.82) is 0 Å². The highest BCUT2D eigenvalue weighted by molar-refractivity contribution is 5.90. The summed E-state index contributed by atoms with van der Waals surface area (Å²) in [6.07, 6.45) is 4.93. The molecule has 0 bridgehead atoms. The summed E-state index contributed by atoms with van der Waals surface area (Å²) >= 11 is 0. The van der Waals surface area contributed by atoms with Crippen molar-refractivity contribution in [3.05, 3.63) is 30.5 Å². The number of fused-ring (bicyclic) bond motifs is 1. The smallest absolute Gasteiger partial charge is 0.124 e. The van der Waals surface area contributed by atoms with E-state index in [0.717, 1.165) is 48.8 Å². The predicted molar refractivity (Wildman–Crippen MR) is 70.5 cm³/mol. The molecular formula is C14H15N3O. The van der Waals surface area contributed by atoms with Gasteiger partial charge < -0.3 is 9.69 Å². The van der Waals surface area contributed by atoms with Gasteiger partial charge in [0.05, 0.1) is 17.4 Å². The summed E-state index contributed by atoms with van der Waals surface area (Å²) in [7, 11) is 0. The Bertz CT molecular complexity index is 564. The summed E-state index contributed by atoms with van der Waals surface area (Å²) in [6.45, 7) is 1.78. The molecule has 0 saturated carbocycles. The van der Waals surface area contributed by atoms with Gasteiger partial charge in [0.1, 0.15) is 6.29 Å². The van der Waals surface area contributed by atoms with Crippen LogP contribution >= 0.6 is 0 Å². The van der Waals surface area contributed by atoms with Crippen molar-refractivity contribution < 1.29 is 4.79 Å². The van der Waals surface area contributed by atoms with Gasteiger partial charge in [0.2, 0.25) is 0 Å². The summed E-state index contributed by atoms with van der Waals surface area (Å²) < 4.78 is 0. The summed E-state index contributed by atoms with van der Waals surface area (Å²) in [5, 5.41) is 9.30. The first-order valence-corrected chi connectivity index (χ1v) is 6.29. The number of rotatable bonds is 2. The first kappa shape index (κ1) is 11.1. The van der Waals surface area contributed by atoms with Crippen molar-refractivity contribution in [1.82, 2.24) is 10.2 Å². The number of aldehydes is 1. The zero-order valence-electron chi connectivity index (χ0n) is 10.1. The molecule has 4 heteroatoms. The predicted octanol–water partition coefficient (Wildman–Crippen LogP) is 2.05. The number of carbonyl (C=O) groups is 1. The Morgan fingerprint density at radius 3 is 3.11 bits per heavy atom. The van der Waals surface area contributed by atoms with Gasteiger partial charge in [-0.1, -0.05) is 18.2 Å². The van der Waals surface area contributed by atoms with E-state index in [1.807, 2.05) is 18.2 Å². The van der Waals surface area contributed by atoms with Crippen molar-refractivity contribution in [3.8, 4) is 0 Å². The van der Waals surface area contributed by atoms with E-state index in [9.17, 15) is 4.79 Å². The fourth-order valence-corrected chi connectivity index (χ4v) is 2.58. The van der Waals surface area contributed by atoms with Crippen LogP contribution in [0.3, 0.4) is 0 Å². The highest BCUT2D eigenvalue weighted by Gasteiger charge is 2.21. The normalized spacial score (nSPS) is 20.0. The minimum absolute atomic E-state index is 0.144. The first-order valence-electron chi connectivity index (χ1n) is 6.29. The number of piperidine rings is 1. The quantitative estimate of drug-likeness (QED) is 0.755. The maximum Gasteiger partial charge on any atom is 0.124 e. The lowest BCUT2D eigenvalue weighted by Gasteiger charge is -2.32. The molecule has 1 aliphatic heterocycles. The Hall–Kier alpha value is -1.97. The van der Waals surface area contributed by atoms with Crippen LogP contribution in [0.15, 0.2) is 30.5 Å². The number of hydrogen-bond acceptors (Lipinski definition) is 4. The van der Waals surface area contributed by atoms with Crippen LogP contribution in [0, 0.1) is 5.92 Å². The van der Waals surface area contributed by atoms with E-state index in [4.69, 9.17) is 0 Å². The van der Waals surface area contributed by atoms with Crippen LogP contribution < -0.4 is 4.90 Å². The fraction of sp³-hybridized carbons (Fsp3) is 0.357. The molecule has 2 heterocycles. The molecule has 4 nitrogen and oxygen atoms in total. The molecule has 1 aromatic heterocycles. The second kappa shape index (κ2) is 4.72. The monoisotopic (exact) mass is 241 g/mol. The molecule has 1 aromatic carbocycles. The molecule has 2 aromatic rings. The lowest BCUT2D eigenvalue weighted by Crippen LogP contribution is -2.36. The molecule has 18 heavy (non-hydrogen) atoms. The third kappa shape index (κ3) is 1.94. The molecule has 1 unspecified atom stereocenters. The number of carbonyl (C=O) groups excluding carboxylic acids is 1. The number of aromatic nitrogens is 2. The number of anilines is 1. The third-order valence-electron chi connectivity index (χ3n) is 3.52. The Labute approximate surface area is 106 Å². The summed E-state index contributed by atoms with van der Waals surface area (Å²) in [4.78, 5) is 13.2. The van der Waals surface area contributed by atoms with E-state index in [0.29, 0.717) is 0 Å². The molecule has 1 atom stereocenters. The average Bonchev–Trinajstić information content (AvgIpc) is 2.47. The molecule has 0 aliphatic carbocycles. The largest absolute Gasteiger partial charge is 0.369 e. The van der Waals surface area contributed by atoms with E-state index in [-0.39, 0.29) is 5.92 Å². The third-order valence-corrected chi connectivity index (χ3v) is 3.52. The van der Waals surface area contributed by atoms with Gasteiger partial charge in [-0.3, -0.25) is 0 Å². The van der Waals surface area contributed by atoms with E-state index in [1.165, 1.54) is 0 Å². The molecule has 92 valence electrons. The van der Waals surface area contributed by atoms with Gasteiger partial charge in [0, 0.05) is 24.4 Å². The van der Waals surface area contributed by atoms with Gasteiger partial charge in [-0.25, -0.2) is 0 Å². The lowest BCUT2D eigenvalue weighted by molar-refractivity contribution is -0.111. The van der Waals surface area contributed by atoms with E-state index >= 15 is 0 Å². The molecule has 0 amide bonds. The maximum absolute atomic E-state index is 10.9. The van der Waals surface area contributed by atoms with Crippen molar-refractivity contribution in [2.45, 2.75) is 12.8 Å². The highest BCUT2D eigenvalue weighted by Crippen LogP contribution is 2.27. The molecule has 1 saturated heterocycles. The van der Waals surface area contributed by atoms with Gasteiger partial charge in [-0.05, 0) is 18.9 Å². The van der Waals surface area contributed by atoms with E-state index < -0.39 is 0 Å². The van der Waals surface area contributed by atoms with Crippen LogP contribution in [0.25, 0.3) is 10.9 Å². The maximum atomic E-state index is 10.9. The van der Waals surface area contributed by atoms with E-state index in [2.05, 4.69) is 21.2 Å². The number of nitrogens with zero attached hydrogens (tertiary/aromatic N) is 3. The summed E-state index contributed by atoms with van der Waals surface area (Å²) in [6, 6.07) is 8.00. The topological polar surface area (TPSA) is 46.1 Å². The van der Waals surface area contributed by atoms with Crippen molar-refractivity contribution in [3.63, 3.8) is 0 Å². The first-order chi connectivity index (χ1) is 8.88. The highest BCUT2D eigenvalue weighted by atomic mass is 16.1. The van der Waals surface area contributed by atoms with Gasteiger partial charge in [0.25, 0.3) is 0 Å². The van der Waals surface area contributed by atoms with Crippen LogP contribution in [-0.4, -0.2) is 29.6 Å². The molecule has 3 rings (SSSR count). The minimum Gasteiger partial charge on any atom is -0.369 e. The van der Waals surface area contributed by atoms with Gasteiger partial charge >= 0.3 is 0 Å². The Morgan fingerprint density at radius 2 is 2.22 bits per heavy atom. The molecule has 1 fully saturated rings. The summed E-state index contributed by atoms with van der Waals surface area (Å²) in [5.74, 6) is 0.144. The SMILES string of the molecule is O=CC1CCCN(c2cnnc3ccccc23)C1. The minimum atomic E-state index is 0.144. The Morgan fingerprint density at radius 1 is 1.33 bits per heavy atom. The summed E-state index contributed by atoms with van der Waals surface area (Å²) in [5.41, 5.74) is 2.00. The molecule has 0 radical (unpaired) electrons. The van der Waals surface area contributed by atoms with Crippen LogP contribution in [0.2, 0.25) is 0 Å². The van der Waals surface area contributed by atoms with Gasteiger partial charge in [-0.15, -0.1) is 0 Å². The van der Waals surface area contributed by atoms with Crippen LogP contribution in [0.4, 0.5) is 5.69 Å². The van der Waals surface area contributed by atoms with Crippen molar-refractivity contribution in [2.75, 3.05) is 18.0 Å². The Balaban J connectivity index is 2.00. The molecule has 0 spiro atoms. The van der Waals surface area contributed by atoms with Crippen molar-refractivity contribution >= 4 is 22.9 Å². The lowest BCUT2D eigenvalue weighted by atomic mass is 9.99. The number of benzene rings is 1. The average molecular weight is 241 g/mol. The Kier molecular flexibility index (Phi) is 2.92. The van der Waals surface area contributed by atoms with Crippen LogP contribution in [0.1, 0.15) is 12.8 Å². The second-order valence-corrected chi connectivity index (χ2v) is 4.73. The van der Waals surface area contributed by atoms with Gasteiger partial charge in [-0.2, -0.15) is 10.2 Å². The fourth-order valence-electron chi connectivity index (χ4n) is 2.58. The zero-order valence-corrected chi connectivity index (χ0v) is 10.1. The van der Waals surface area contributed by atoms with Gasteiger partial charge in [0.15, 0.2) is 0 Å².